The minimum Gasteiger partial charge on any atom is -0.458 e. The molecule has 4 heterocycles. The number of hydrogen-bond donors (Lipinski definition) is 0. The van der Waals surface area contributed by atoms with Crippen molar-refractivity contribution in [1.29, 1.82) is 0 Å². The molecule has 21 aromatic rings. The first-order valence-electron chi connectivity index (χ1n) is 48.5. The molecule has 0 saturated heterocycles. The molecule has 0 amide bonds. The van der Waals surface area contributed by atoms with Gasteiger partial charge in [0.2, 0.25) is 0 Å². The van der Waals surface area contributed by atoms with Gasteiger partial charge in [-0.3, -0.25) is 0 Å². The van der Waals surface area contributed by atoms with E-state index in [0.29, 0.717) is 23.0 Å². The molecule has 0 N–H and O–H groups in total. The summed E-state index contributed by atoms with van der Waals surface area (Å²) in [5, 5.41) is 11.5. The summed E-state index contributed by atoms with van der Waals surface area (Å²) >= 11 is 3.48. The third kappa shape index (κ3) is 19.5. The molecule has 0 aliphatic carbocycles. The highest BCUT2D eigenvalue weighted by atomic mass is 79.9. The van der Waals surface area contributed by atoms with Crippen molar-refractivity contribution in [3.63, 3.8) is 0 Å². The molecule has 704 valence electrons. The number of rotatable bonds is 24. The van der Waals surface area contributed by atoms with Crippen LogP contribution in [0.1, 0.15) is 0 Å². The highest BCUT2D eigenvalue weighted by molar-refractivity contribution is 9.10. The molecule has 0 atom stereocenters. The number of fused-ring (bicyclic) bond motifs is 8. The number of para-hydroxylation sites is 10. The van der Waals surface area contributed by atoms with Gasteiger partial charge in [-0.25, -0.2) is 0 Å². The van der Waals surface area contributed by atoms with E-state index < -0.39 is 24.7 Å². The van der Waals surface area contributed by atoms with Gasteiger partial charge in [-0.1, -0.05) is 380 Å². The topological polar surface area (TPSA) is 111 Å². The molecule has 21 aromatic carbocycles. The van der Waals surface area contributed by atoms with Crippen molar-refractivity contribution in [2.75, 3.05) is 14.2 Å². The fraction of sp³-hybridized carbons (Fsp3) is 0.0156. The van der Waals surface area contributed by atoms with Crippen LogP contribution in [0, 0.1) is 0 Å². The molecule has 0 radical (unpaired) electrons. The second-order valence-corrected chi connectivity index (χ2v) is 47.2. The number of hydrogen-bond acceptors (Lipinski definition) is 12. The molecule has 25 rings (SSSR count). The van der Waals surface area contributed by atoms with Crippen LogP contribution < -0.4 is 132 Å². The Hall–Kier alpha value is -17.2. The average Bonchev–Trinajstić information content (AvgIpc) is 0.698. The normalized spacial score (nSPS) is 11.9. The van der Waals surface area contributed by atoms with Crippen LogP contribution >= 0.6 is 15.9 Å². The van der Waals surface area contributed by atoms with E-state index in [0.717, 1.165) is 160 Å². The Labute approximate surface area is 862 Å². The summed E-state index contributed by atoms with van der Waals surface area (Å²) in [6, 6.07) is 183. The predicted octanol–water partition coefficient (Wildman–Crippen LogP) is 22.3. The number of halogens is 1. The van der Waals surface area contributed by atoms with Crippen molar-refractivity contribution >= 4 is 139 Å². The van der Waals surface area contributed by atoms with Crippen molar-refractivity contribution in [3.05, 3.63) is 544 Å². The molecular formula is C128H95B2BrO12Si3. The Balaban J connectivity index is 0.000000123. The fourth-order valence-corrected chi connectivity index (χ4v) is 33.0. The first-order chi connectivity index (χ1) is 72.1. The highest BCUT2D eigenvalue weighted by Gasteiger charge is 2.50. The quantitative estimate of drug-likeness (QED) is 0.0424. The largest absolute Gasteiger partial charge is 0.458 e. The van der Waals surface area contributed by atoms with Crippen LogP contribution in [0.25, 0.3) is 0 Å². The maximum Gasteiger partial charge on any atom is 0.406 e. The Bertz CT molecular complexity index is 7370. The highest BCUT2D eigenvalue weighted by Crippen LogP contribution is 2.41. The van der Waals surface area contributed by atoms with E-state index >= 15 is 0 Å². The summed E-state index contributed by atoms with van der Waals surface area (Å²) in [6.07, 6.45) is 0. The van der Waals surface area contributed by atoms with Crippen molar-refractivity contribution in [3.8, 4) is 115 Å². The third-order valence-electron chi connectivity index (χ3n) is 26.5. The first-order valence-corrected chi connectivity index (χ1v) is 55.1. The molecule has 0 spiro atoms. The molecule has 4 aliphatic rings. The van der Waals surface area contributed by atoms with Crippen LogP contribution in [-0.4, -0.2) is 52.4 Å². The van der Waals surface area contributed by atoms with Crippen LogP contribution in [0.3, 0.4) is 0 Å². The summed E-state index contributed by atoms with van der Waals surface area (Å²) in [5.74, 6) is 15.4. The van der Waals surface area contributed by atoms with Crippen molar-refractivity contribution in [2.45, 2.75) is 0 Å². The molecule has 18 heteroatoms. The van der Waals surface area contributed by atoms with E-state index in [2.05, 4.69) is 307 Å². The van der Waals surface area contributed by atoms with Crippen LogP contribution in [-0.2, 0) is 8.85 Å². The lowest BCUT2D eigenvalue weighted by Gasteiger charge is -2.39. The van der Waals surface area contributed by atoms with Crippen LogP contribution in [0.15, 0.2) is 544 Å². The second kappa shape index (κ2) is 42.9. The maximum absolute atomic E-state index is 6.91. The standard InChI is InChI=1S/C48H30B2O4Si.C48H36O4Si.C18H13BrO2.C14H16O2Si/c1-3-15-31(16-4-1)55(32-17-5-2-6-18-32,33-27-43-47-44(28-33)52-40-24-12-8-20-36(40)49(47)35-19-7-11-23-39(35)51-43)34-29-45-48-46(30-34)54-42-26-14-10-22-38(42)50(48)37-21-9-13-25-41(37)53-45;1-7-19-37(20-8-1)49-41-31-42(50-38-21-9-2-10-22-38)34-47(33-41)53(45-27-15-5-16-28-45,46-29-17-6-18-30-46)48-35-43(51-39-23-11-3-12-24-39)32-44(36-48)52-40-25-13-4-14-26-40;19-14-11-17(20-15-7-3-1-4-8-15)13-18(12-14)21-16-9-5-2-6-10-16;1-15-17(16-2,13-9-5-3-6-10-13)14-11-7-4-8-12-14/h1-30H;1-36H;1-13H;3-12H,1-2H3. The molecule has 4 aliphatic heterocycles. The van der Waals surface area contributed by atoms with Gasteiger partial charge in [0.1, 0.15) is 115 Å². The maximum atomic E-state index is 6.91. The minimum atomic E-state index is -3.21. The van der Waals surface area contributed by atoms with E-state index in [1.807, 2.05) is 249 Å². The summed E-state index contributed by atoms with van der Waals surface area (Å²) in [5.41, 5.74) is 6.71. The summed E-state index contributed by atoms with van der Waals surface area (Å²) in [6.45, 7) is -0.0175. The first kappa shape index (κ1) is 93.7. The SMILES string of the molecule is Brc1cc(Oc2ccccc2)cc(Oc2ccccc2)c1.CO[Si](OC)(c1ccccc1)c1ccccc1.c1ccc(Oc2cc(Oc3ccccc3)cc([Si](c3ccccc3)(c3ccccc3)c3cc(Oc4ccccc4)cc(Oc4ccccc4)c3)c2)cc1.c1ccc([Si](c2ccccc2)(c2cc3c4c(c2)Oc2ccccc2B4c2ccccc2O3)c2cc3c4c(c2)Oc2ccccc2B4c2ccccc2O3)cc1. The summed E-state index contributed by atoms with van der Waals surface area (Å²) in [7, 11) is -5.47. The molecule has 0 fully saturated rings. The Kier molecular flexibility index (Phi) is 27.6. The molecule has 0 bridgehead atoms. The molecular weight excluding hydrogens is 1920 g/mol. The number of benzene rings is 21. The van der Waals surface area contributed by atoms with Gasteiger partial charge in [-0.2, -0.15) is 0 Å². The van der Waals surface area contributed by atoms with Gasteiger partial charge in [0.05, 0.1) is 0 Å². The van der Waals surface area contributed by atoms with E-state index in [1.54, 1.807) is 14.2 Å². The summed E-state index contributed by atoms with van der Waals surface area (Å²) < 4.78 is 78.2. The van der Waals surface area contributed by atoms with Crippen LogP contribution in [0.2, 0.25) is 0 Å². The zero-order chi connectivity index (χ0) is 98.4. The van der Waals surface area contributed by atoms with Gasteiger partial charge in [-0.15, -0.1) is 0 Å². The van der Waals surface area contributed by atoms with Crippen molar-refractivity contribution < 1.29 is 56.2 Å². The fourth-order valence-electron chi connectivity index (χ4n) is 20.2. The lowest BCUT2D eigenvalue weighted by Crippen LogP contribution is -2.75. The van der Waals surface area contributed by atoms with E-state index in [9.17, 15) is 0 Å². The van der Waals surface area contributed by atoms with Crippen LogP contribution in [0.4, 0.5) is 0 Å². The van der Waals surface area contributed by atoms with Crippen molar-refractivity contribution in [2.24, 2.45) is 0 Å². The monoisotopic (exact) mass is 2010 g/mol. The molecule has 0 saturated carbocycles. The Morgan fingerprint density at radius 1 is 0.171 bits per heavy atom. The van der Waals surface area contributed by atoms with Gasteiger partial charge in [-0.05, 0) is 231 Å². The van der Waals surface area contributed by atoms with Gasteiger partial charge in [0, 0.05) is 47.8 Å². The summed E-state index contributed by atoms with van der Waals surface area (Å²) in [4.78, 5) is 0. The molecule has 0 aromatic heterocycles. The molecule has 0 unspecified atom stereocenters. The van der Waals surface area contributed by atoms with E-state index in [1.165, 1.54) is 20.7 Å². The molecule has 146 heavy (non-hydrogen) atoms. The Morgan fingerprint density at radius 3 is 0.562 bits per heavy atom. The average molecular weight is 2010 g/mol. The zero-order valence-electron chi connectivity index (χ0n) is 79.8. The molecule has 12 nitrogen and oxygen atoms in total. The van der Waals surface area contributed by atoms with Gasteiger partial charge in [0.15, 0.2) is 16.1 Å². The van der Waals surface area contributed by atoms with Gasteiger partial charge >= 0.3 is 8.56 Å². The second-order valence-electron chi connectivity index (χ2n) is 35.4. The smallest absolute Gasteiger partial charge is 0.406 e. The number of ether oxygens (including phenoxy) is 10. The lowest BCUT2D eigenvalue weighted by atomic mass is 9.35. The van der Waals surface area contributed by atoms with Gasteiger partial charge in [0.25, 0.3) is 13.4 Å². The van der Waals surface area contributed by atoms with E-state index in [-0.39, 0.29) is 13.4 Å². The van der Waals surface area contributed by atoms with Crippen LogP contribution in [0.5, 0.6) is 115 Å². The minimum absolute atomic E-state index is 0.00876. The van der Waals surface area contributed by atoms with Crippen molar-refractivity contribution in [1.82, 2.24) is 0 Å². The zero-order valence-corrected chi connectivity index (χ0v) is 84.4. The van der Waals surface area contributed by atoms with E-state index in [4.69, 9.17) is 56.2 Å². The Morgan fingerprint density at radius 2 is 0.349 bits per heavy atom. The lowest BCUT2D eigenvalue weighted by molar-refractivity contribution is 0.272. The predicted molar refractivity (Wildman–Crippen MR) is 601 cm³/mol. The van der Waals surface area contributed by atoms with Gasteiger partial charge < -0.3 is 56.2 Å². The third-order valence-corrected chi connectivity index (χ3v) is 39.7.